The van der Waals surface area contributed by atoms with Crippen LogP contribution in [0.25, 0.3) is 22.5 Å². The Hall–Kier alpha value is -4.24. The molecule has 0 aliphatic carbocycles. The molecular formula is C26H30N8O. The number of aromatic amines is 1. The first-order valence-electron chi connectivity index (χ1n) is 11.4. The highest BCUT2D eigenvalue weighted by Gasteiger charge is 2.16. The molecular weight excluding hydrogens is 440 g/mol. The second kappa shape index (κ2) is 10.8. The van der Waals surface area contributed by atoms with Crippen LogP contribution in [0.5, 0.6) is 0 Å². The molecule has 4 rings (SSSR count). The van der Waals surface area contributed by atoms with Crippen LogP contribution < -0.4 is 16.2 Å². The van der Waals surface area contributed by atoms with E-state index in [2.05, 4.69) is 49.8 Å². The van der Waals surface area contributed by atoms with Crippen molar-refractivity contribution in [1.82, 2.24) is 29.9 Å². The van der Waals surface area contributed by atoms with E-state index in [0.29, 0.717) is 17.0 Å². The largest absolute Gasteiger partial charge is 0.405 e. The van der Waals surface area contributed by atoms with Crippen LogP contribution in [0, 0.1) is 0 Å². The summed E-state index contributed by atoms with van der Waals surface area (Å²) >= 11 is 0. The lowest BCUT2D eigenvalue weighted by Crippen LogP contribution is -2.44. The Kier molecular flexibility index (Phi) is 7.37. The number of pyridine rings is 2. The number of allylic oxidation sites excluding steroid dienone is 6. The summed E-state index contributed by atoms with van der Waals surface area (Å²) in [6.45, 7) is 10.0. The first-order chi connectivity index (χ1) is 16.9. The minimum Gasteiger partial charge on any atom is -0.405 e. The van der Waals surface area contributed by atoms with Crippen molar-refractivity contribution < 1.29 is 0 Å². The number of hydrogen-bond donors (Lipinski definition) is 2. The van der Waals surface area contributed by atoms with Gasteiger partial charge in [0.1, 0.15) is 5.69 Å². The maximum atomic E-state index is 11.8. The highest BCUT2D eigenvalue weighted by Crippen LogP contribution is 2.26. The van der Waals surface area contributed by atoms with Gasteiger partial charge in [0.15, 0.2) is 0 Å². The molecule has 9 nitrogen and oxygen atoms in total. The molecule has 3 aromatic rings. The fraction of sp³-hybridized carbons (Fsp3) is 0.231. The predicted octanol–water partition coefficient (Wildman–Crippen LogP) is 2.75. The third kappa shape index (κ3) is 5.82. The van der Waals surface area contributed by atoms with E-state index in [1.54, 1.807) is 29.1 Å². The van der Waals surface area contributed by atoms with Crippen LogP contribution in [-0.2, 0) is 0 Å². The number of rotatable bonds is 7. The fourth-order valence-corrected chi connectivity index (χ4v) is 3.84. The summed E-state index contributed by atoms with van der Waals surface area (Å²) in [6, 6.07) is 7.07. The van der Waals surface area contributed by atoms with Gasteiger partial charge < -0.3 is 20.5 Å². The Labute approximate surface area is 204 Å². The van der Waals surface area contributed by atoms with E-state index in [-0.39, 0.29) is 5.56 Å². The fourth-order valence-electron chi connectivity index (χ4n) is 3.84. The summed E-state index contributed by atoms with van der Waals surface area (Å²) in [4.78, 5) is 23.7. The molecule has 0 bridgehead atoms. The lowest BCUT2D eigenvalue weighted by molar-refractivity contribution is 0.313. The van der Waals surface area contributed by atoms with Crippen molar-refractivity contribution in [2.75, 3.05) is 38.1 Å². The molecule has 0 radical (unpaired) electrons. The zero-order valence-electron chi connectivity index (χ0n) is 20.1. The van der Waals surface area contributed by atoms with E-state index >= 15 is 0 Å². The summed E-state index contributed by atoms with van der Waals surface area (Å²) in [5.74, 6) is 0. The van der Waals surface area contributed by atoms with Gasteiger partial charge in [0.25, 0.3) is 0 Å². The Morgan fingerprint density at radius 2 is 2.00 bits per heavy atom. The summed E-state index contributed by atoms with van der Waals surface area (Å²) in [7, 11) is 2.14. The molecule has 0 atom stereocenters. The van der Waals surface area contributed by atoms with E-state index < -0.39 is 0 Å². The summed E-state index contributed by atoms with van der Waals surface area (Å²) in [5.41, 5.74) is 10.9. The molecule has 1 fully saturated rings. The van der Waals surface area contributed by atoms with Crippen molar-refractivity contribution in [3.8, 4) is 11.3 Å². The monoisotopic (exact) mass is 470 g/mol. The molecule has 1 aliphatic heterocycles. The van der Waals surface area contributed by atoms with E-state index in [9.17, 15) is 4.79 Å². The van der Waals surface area contributed by atoms with Gasteiger partial charge in [-0.05, 0) is 55.6 Å². The van der Waals surface area contributed by atoms with E-state index in [1.165, 1.54) is 12.3 Å². The van der Waals surface area contributed by atoms with E-state index in [0.717, 1.165) is 48.7 Å². The number of nitrogens with zero attached hydrogens (tertiary/aromatic N) is 6. The molecule has 0 unspecified atom stereocenters. The quantitative estimate of drug-likeness (QED) is 0.511. The van der Waals surface area contributed by atoms with Gasteiger partial charge in [-0.2, -0.15) is 0 Å². The van der Waals surface area contributed by atoms with Crippen LogP contribution in [0.4, 0.5) is 5.69 Å². The summed E-state index contributed by atoms with van der Waals surface area (Å²) < 4.78 is 1.69. The molecule has 0 spiro atoms. The Balaban J connectivity index is 1.66. The van der Waals surface area contributed by atoms with Crippen molar-refractivity contribution >= 4 is 17.0 Å². The molecule has 3 aromatic heterocycles. The second-order valence-corrected chi connectivity index (χ2v) is 8.49. The molecule has 0 aromatic carbocycles. The molecule has 1 saturated heterocycles. The number of piperazine rings is 1. The third-order valence-electron chi connectivity index (χ3n) is 5.91. The van der Waals surface area contributed by atoms with E-state index in [1.807, 2.05) is 31.5 Å². The number of nitrogens with two attached hydrogens (primary N) is 1. The number of H-pyrrole nitrogens is 1. The molecule has 35 heavy (non-hydrogen) atoms. The van der Waals surface area contributed by atoms with Crippen molar-refractivity contribution in [1.29, 1.82) is 0 Å². The van der Waals surface area contributed by atoms with Gasteiger partial charge in [-0.15, -0.1) is 5.10 Å². The lowest BCUT2D eigenvalue weighted by atomic mass is 10.1. The smallest absolute Gasteiger partial charge is 0.248 e. The minimum absolute atomic E-state index is 0.187. The molecule has 1 aliphatic rings. The van der Waals surface area contributed by atoms with Crippen molar-refractivity contribution in [3.63, 3.8) is 0 Å². The average Bonchev–Trinajstić information content (AvgIpc) is 3.36. The highest BCUT2D eigenvalue weighted by molar-refractivity contribution is 5.81. The van der Waals surface area contributed by atoms with Crippen LogP contribution in [0.3, 0.4) is 0 Å². The van der Waals surface area contributed by atoms with Crippen LogP contribution in [-0.4, -0.2) is 63.1 Å². The number of nitrogens with one attached hydrogen (secondary N) is 1. The maximum absolute atomic E-state index is 11.8. The van der Waals surface area contributed by atoms with Gasteiger partial charge >= 0.3 is 0 Å². The minimum atomic E-state index is -0.187. The number of likely N-dealkylation sites (N-methyl/N-ethyl adjacent to an activating group) is 1. The van der Waals surface area contributed by atoms with Crippen molar-refractivity contribution in [3.05, 3.63) is 95.5 Å². The number of aromatic nitrogens is 5. The van der Waals surface area contributed by atoms with E-state index in [4.69, 9.17) is 5.73 Å². The normalized spacial score (nSPS) is 15.7. The molecule has 0 saturated carbocycles. The van der Waals surface area contributed by atoms with Crippen molar-refractivity contribution in [2.24, 2.45) is 5.73 Å². The Morgan fingerprint density at radius 1 is 1.20 bits per heavy atom. The van der Waals surface area contributed by atoms with Gasteiger partial charge in [-0.3, -0.25) is 9.78 Å². The first kappa shape index (κ1) is 23.9. The SMILES string of the molecule is C=C(\C=C(/C(C)=C\C=C\N)n1cc(-c2cncc(N3CCN(C)CC3)c2)nn1)c1cccc(=O)[nH]1. The van der Waals surface area contributed by atoms with Gasteiger partial charge in [0.2, 0.25) is 5.56 Å². The molecule has 9 heteroatoms. The maximum Gasteiger partial charge on any atom is 0.248 e. The summed E-state index contributed by atoms with van der Waals surface area (Å²) in [5, 5.41) is 8.79. The van der Waals surface area contributed by atoms with Crippen LogP contribution in [0.2, 0.25) is 0 Å². The van der Waals surface area contributed by atoms with Gasteiger partial charge in [-0.25, -0.2) is 4.68 Å². The first-order valence-corrected chi connectivity index (χ1v) is 11.4. The highest BCUT2D eigenvalue weighted by atomic mass is 16.1. The topological polar surface area (TPSA) is 109 Å². The number of hydrogen-bond acceptors (Lipinski definition) is 7. The van der Waals surface area contributed by atoms with Crippen molar-refractivity contribution in [2.45, 2.75) is 6.92 Å². The standard InChI is InChI=1S/C26H30N8O/c1-19(6-5-9-27)25(14-20(2)23-7-4-8-26(35)29-23)34-18-24(30-31-34)21-15-22(17-28-16-21)33-12-10-32(3)11-13-33/h4-9,14-18H,2,10-13,27H2,1,3H3,(H,29,35)/b9-5+,19-6-,25-14+. The molecule has 3 N–H and O–H groups in total. The van der Waals surface area contributed by atoms with Crippen LogP contribution in [0.15, 0.2) is 84.2 Å². The average molecular weight is 471 g/mol. The van der Waals surface area contributed by atoms with Gasteiger partial charge in [0.05, 0.1) is 23.8 Å². The van der Waals surface area contributed by atoms with Crippen LogP contribution >= 0.6 is 0 Å². The summed E-state index contributed by atoms with van der Waals surface area (Å²) in [6.07, 6.45) is 12.5. The van der Waals surface area contributed by atoms with Crippen LogP contribution in [0.1, 0.15) is 12.6 Å². The zero-order chi connectivity index (χ0) is 24.8. The molecule has 0 amide bonds. The Morgan fingerprint density at radius 3 is 2.74 bits per heavy atom. The van der Waals surface area contributed by atoms with Gasteiger partial charge in [0, 0.05) is 49.7 Å². The number of anilines is 1. The Bertz CT molecular complexity index is 1340. The van der Waals surface area contributed by atoms with Gasteiger partial charge in [-0.1, -0.05) is 23.9 Å². The molecule has 4 heterocycles. The second-order valence-electron chi connectivity index (χ2n) is 8.49. The zero-order valence-corrected chi connectivity index (χ0v) is 20.1. The molecule has 180 valence electrons. The lowest BCUT2D eigenvalue weighted by Gasteiger charge is -2.33. The third-order valence-corrected chi connectivity index (χ3v) is 5.91. The predicted molar refractivity (Wildman–Crippen MR) is 140 cm³/mol.